The second kappa shape index (κ2) is 12.5. The number of aliphatic hydroxyl groups is 1. The van der Waals surface area contributed by atoms with E-state index < -0.39 is 27.4 Å². The highest BCUT2D eigenvalue weighted by Gasteiger charge is 2.77. The van der Waals surface area contributed by atoms with E-state index in [1.165, 1.54) is 0 Å². The lowest BCUT2D eigenvalue weighted by molar-refractivity contribution is -0.155. The molecule has 1 spiro atoms. The van der Waals surface area contributed by atoms with Crippen molar-refractivity contribution in [3.05, 3.63) is 54.6 Å². The maximum absolute atomic E-state index is 14.5. The van der Waals surface area contributed by atoms with Gasteiger partial charge in [-0.05, 0) is 64.0 Å². The summed E-state index contributed by atoms with van der Waals surface area (Å²) < 4.78 is 4.48. The van der Waals surface area contributed by atoms with E-state index >= 15 is 0 Å². The maximum Gasteiger partial charge on any atom is 0.311 e. The molecule has 9 heteroatoms. The van der Waals surface area contributed by atoms with Crippen molar-refractivity contribution in [3.63, 3.8) is 0 Å². The molecule has 1 N–H and O–H groups in total. The number of para-hydroxylation sites is 1. The van der Waals surface area contributed by atoms with Gasteiger partial charge in [0.25, 0.3) is 5.91 Å². The molecule has 0 saturated carbocycles. The Bertz CT molecular complexity index is 1110. The zero-order valence-electron chi connectivity index (χ0n) is 22.6. The largest absolute Gasteiger partial charge is 0.465 e. The number of esters is 1. The first-order valence-electron chi connectivity index (χ1n) is 13.8. The summed E-state index contributed by atoms with van der Waals surface area (Å²) in [5, 5.41) is 9.70. The Balaban J connectivity index is 1.71. The number of nitrogens with zero attached hydrogens (tertiary/aromatic N) is 2. The van der Waals surface area contributed by atoms with Crippen molar-refractivity contribution in [2.24, 2.45) is 11.8 Å². The first-order valence-corrected chi connectivity index (χ1v) is 15.0. The van der Waals surface area contributed by atoms with E-state index in [0.29, 0.717) is 42.9 Å². The number of rotatable bonds is 14. The molecule has 212 valence electrons. The number of anilines is 1. The standard InChI is InChI=1S/C30H39ClN2O5S/c1-4-6-12-20-38-28(37)24-23-26(35)33(18-10-7-11-19-34)25(30(23)16-15-29(24,3)39-30)27(36)32(17-5-2)22-14-9-8-13-21(22)31/h4-5,8-9,13-14,23-25,34H,1-2,6-7,10-12,15-20H2,3H3/t23-,24-,25?,29+,30?/m0/s1. The van der Waals surface area contributed by atoms with E-state index in [9.17, 15) is 19.5 Å². The lowest BCUT2D eigenvalue weighted by atomic mass is 9.66. The monoisotopic (exact) mass is 574 g/mol. The van der Waals surface area contributed by atoms with E-state index in [0.717, 1.165) is 19.3 Å². The zero-order chi connectivity index (χ0) is 28.2. The summed E-state index contributed by atoms with van der Waals surface area (Å²) in [5.74, 6) is -1.96. The number of ether oxygens (including phenoxy) is 1. The van der Waals surface area contributed by atoms with Crippen molar-refractivity contribution in [2.75, 3.05) is 31.2 Å². The van der Waals surface area contributed by atoms with Crippen molar-refractivity contribution >= 4 is 46.8 Å². The number of aliphatic hydroxyl groups excluding tert-OH is 1. The van der Waals surface area contributed by atoms with Gasteiger partial charge in [-0.2, -0.15) is 0 Å². The lowest BCUT2D eigenvalue weighted by Gasteiger charge is -2.37. The van der Waals surface area contributed by atoms with Gasteiger partial charge in [0, 0.05) is 24.4 Å². The molecule has 5 atom stereocenters. The zero-order valence-corrected chi connectivity index (χ0v) is 24.2. The van der Waals surface area contributed by atoms with Gasteiger partial charge in [-0.25, -0.2) is 0 Å². The molecule has 7 nitrogen and oxygen atoms in total. The van der Waals surface area contributed by atoms with Gasteiger partial charge in [-0.1, -0.05) is 35.9 Å². The van der Waals surface area contributed by atoms with E-state index in [-0.39, 0.29) is 37.5 Å². The van der Waals surface area contributed by atoms with Crippen molar-refractivity contribution in [1.82, 2.24) is 4.90 Å². The van der Waals surface area contributed by atoms with Gasteiger partial charge >= 0.3 is 5.97 Å². The van der Waals surface area contributed by atoms with Gasteiger partial charge in [0.05, 0.1) is 33.9 Å². The average molecular weight is 575 g/mol. The molecule has 3 fully saturated rings. The Morgan fingerprint density at radius 1 is 1.21 bits per heavy atom. The van der Waals surface area contributed by atoms with E-state index in [1.54, 1.807) is 45.8 Å². The highest BCUT2D eigenvalue weighted by molar-refractivity contribution is 8.02. The van der Waals surface area contributed by atoms with Crippen LogP contribution in [0.2, 0.25) is 5.02 Å². The Labute approximate surface area is 240 Å². The first kappa shape index (κ1) is 29.7. The number of allylic oxidation sites excluding steroid dienone is 1. The highest BCUT2D eigenvalue weighted by Crippen LogP contribution is 2.71. The summed E-state index contributed by atoms with van der Waals surface area (Å²) in [7, 11) is 0. The van der Waals surface area contributed by atoms with Crippen LogP contribution in [0.3, 0.4) is 0 Å². The summed E-state index contributed by atoms with van der Waals surface area (Å²) in [6, 6.07) is 6.43. The van der Waals surface area contributed by atoms with Crippen molar-refractivity contribution in [1.29, 1.82) is 0 Å². The molecule has 3 aliphatic heterocycles. The molecule has 3 saturated heterocycles. The van der Waals surface area contributed by atoms with Gasteiger partial charge in [0.2, 0.25) is 5.91 Å². The number of carbonyl (C=O) groups excluding carboxylic acids is 3. The van der Waals surface area contributed by atoms with Gasteiger partial charge in [-0.15, -0.1) is 24.9 Å². The normalized spacial score (nSPS) is 28.8. The molecular formula is C30H39ClN2O5S. The molecule has 0 aromatic heterocycles. The summed E-state index contributed by atoms with van der Waals surface area (Å²) in [6.45, 7) is 10.6. The molecule has 4 rings (SSSR count). The number of hydrogen-bond acceptors (Lipinski definition) is 6. The fraction of sp³-hybridized carbons (Fsp3) is 0.567. The second-order valence-corrected chi connectivity index (χ2v) is 13.1. The molecule has 39 heavy (non-hydrogen) atoms. The Kier molecular flexibility index (Phi) is 9.50. The van der Waals surface area contributed by atoms with Crippen LogP contribution < -0.4 is 4.90 Å². The molecule has 2 bridgehead atoms. The Morgan fingerprint density at radius 2 is 1.97 bits per heavy atom. The minimum atomic E-state index is -0.745. The first-order chi connectivity index (χ1) is 18.8. The van der Waals surface area contributed by atoms with Crippen LogP contribution in [-0.2, 0) is 19.1 Å². The number of carbonyl (C=O) groups is 3. The number of likely N-dealkylation sites (tertiary alicyclic amines) is 1. The molecule has 0 radical (unpaired) electrons. The van der Waals surface area contributed by atoms with Gasteiger partial charge in [0.1, 0.15) is 6.04 Å². The molecule has 0 aliphatic carbocycles. The highest BCUT2D eigenvalue weighted by atomic mass is 35.5. The van der Waals surface area contributed by atoms with Crippen molar-refractivity contribution in [3.8, 4) is 0 Å². The molecule has 3 heterocycles. The van der Waals surface area contributed by atoms with E-state index in [1.807, 2.05) is 19.1 Å². The molecule has 3 aliphatic rings. The second-order valence-electron chi connectivity index (χ2n) is 10.8. The summed E-state index contributed by atoms with van der Waals surface area (Å²) in [4.78, 5) is 45.5. The van der Waals surface area contributed by atoms with E-state index in [2.05, 4.69) is 13.2 Å². The molecule has 1 aromatic rings. The molecule has 2 amide bonds. The summed E-state index contributed by atoms with van der Waals surface area (Å²) >= 11 is 8.16. The maximum atomic E-state index is 14.5. The summed E-state index contributed by atoms with van der Waals surface area (Å²) in [6.07, 6.45) is 8.29. The van der Waals surface area contributed by atoms with Crippen LogP contribution in [0.4, 0.5) is 5.69 Å². The van der Waals surface area contributed by atoms with Crippen LogP contribution in [0.15, 0.2) is 49.6 Å². The number of fused-ring (bicyclic) bond motifs is 1. The third-order valence-corrected chi connectivity index (χ3v) is 10.6. The van der Waals surface area contributed by atoms with Gasteiger partial charge in [-0.3, -0.25) is 14.4 Å². The number of unbranched alkanes of at least 4 members (excludes halogenated alkanes) is 3. The number of amides is 2. The third-order valence-electron chi connectivity index (χ3n) is 8.34. The Morgan fingerprint density at radius 3 is 2.67 bits per heavy atom. The number of benzene rings is 1. The van der Waals surface area contributed by atoms with Crippen LogP contribution in [0.25, 0.3) is 0 Å². The van der Waals surface area contributed by atoms with Gasteiger partial charge < -0.3 is 19.6 Å². The van der Waals surface area contributed by atoms with Crippen LogP contribution >= 0.6 is 23.4 Å². The predicted molar refractivity (Wildman–Crippen MR) is 156 cm³/mol. The number of hydrogen-bond donors (Lipinski definition) is 1. The van der Waals surface area contributed by atoms with Crippen LogP contribution in [-0.4, -0.2) is 69.6 Å². The van der Waals surface area contributed by atoms with Gasteiger partial charge in [0.15, 0.2) is 0 Å². The number of halogens is 1. The van der Waals surface area contributed by atoms with Crippen LogP contribution in [0.1, 0.15) is 51.9 Å². The number of thioether (sulfide) groups is 1. The quantitative estimate of drug-likeness (QED) is 0.191. The molecule has 1 aromatic carbocycles. The van der Waals surface area contributed by atoms with E-state index in [4.69, 9.17) is 16.3 Å². The SMILES string of the molecule is C=CCCCOC(=O)[C@@H]1[C@H]2C(=O)N(CCCCCO)C(C(=O)N(CC=C)c3ccccc3Cl)C23CC[C@@]1(C)S3. The topological polar surface area (TPSA) is 87.1 Å². The fourth-order valence-corrected chi connectivity index (χ4v) is 9.20. The van der Waals surface area contributed by atoms with Crippen LogP contribution in [0, 0.1) is 11.8 Å². The minimum Gasteiger partial charge on any atom is -0.465 e. The predicted octanol–water partition coefficient (Wildman–Crippen LogP) is 5.01. The van der Waals surface area contributed by atoms with Crippen molar-refractivity contribution in [2.45, 2.75) is 67.4 Å². The molecule has 2 unspecified atom stereocenters. The summed E-state index contributed by atoms with van der Waals surface area (Å²) in [5.41, 5.74) is 0.568. The van der Waals surface area contributed by atoms with Crippen LogP contribution in [0.5, 0.6) is 0 Å². The fourth-order valence-electron chi connectivity index (χ4n) is 6.62. The average Bonchev–Trinajstić information content (AvgIpc) is 3.48. The Hall–Kier alpha value is -2.29. The molecular weight excluding hydrogens is 536 g/mol. The third kappa shape index (κ3) is 5.40. The smallest absolute Gasteiger partial charge is 0.311 e. The lowest BCUT2D eigenvalue weighted by Crippen LogP contribution is -2.55. The van der Waals surface area contributed by atoms with Crippen molar-refractivity contribution < 1.29 is 24.2 Å². The minimum absolute atomic E-state index is 0.0798.